The van der Waals surface area contributed by atoms with Gasteiger partial charge in [0.05, 0.1) is 11.7 Å². The number of ether oxygens (including phenoxy) is 1. The summed E-state index contributed by atoms with van der Waals surface area (Å²) < 4.78 is 6.27. The molecule has 224 valence electrons. The topological polar surface area (TPSA) is 9.23 Å². The second kappa shape index (κ2) is 20.1. The van der Waals surface area contributed by atoms with Gasteiger partial charge in [0.15, 0.2) is 0 Å². The Morgan fingerprint density at radius 2 is 1.20 bits per heavy atom. The average Bonchev–Trinajstić information content (AvgIpc) is 3.24. The third kappa shape index (κ3) is 17.5. The van der Waals surface area contributed by atoms with Crippen molar-refractivity contribution in [1.82, 2.24) is 0 Å². The molecular weight excluding hydrogens is 496 g/mol. The van der Waals surface area contributed by atoms with Gasteiger partial charge < -0.3 is 4.74 Å². The molecule has 0 bridgehead atoms. The lowest BCUT2D eigenvalue weighted by Crippen LogP contribution is -2.34. The smallest absolute Gasteiger partial charge is 0.0720 e. The minimum atomic E-state index is -0.0238. The molecular formula is C40H58O. The lowest BCUT2D eigenvalue weighted by molar-refractivity contribution is -0.0808. The summed E-state index contributed by atoms with van der Waals surface area (Å²) in [7, 11) is 0. The molecule has 41 heavy (non-hydrogen) atoms. The Morgan fingerprint density at radius 3 is 1.71 bits per heavy atom. The highest BCUT2D eigenvalue weighted by Crippen LogP contribution is 2.40. The maximum atomic E-state index is 6.27. The highest BCUT2D eigenvalue weighted by atomic mass is 16.5. The molecule has 0 amide bonds. The second-order valence-corrected chi connectivity index (χ2v) is 12.3. The van der Waals surface area contributed by atoms with Gasteiger partial charge in [-0.05, 0) is 101 Å². The van der Waals surface area contributed by atoms with Crippen LogP contribution in [0.5, 0.6) is 0 Å². The first-order valence-electron chi connectivity index (χ1n) is 15.5. The van der Waals surface area contributed by atoms with Crippen LogP contribution in [-0.2, 0) is 4.74 Å². The van der Waals surface area contributed by atoms with Gasteiger partial charge in [-0.1, -0.05) is 131 Å². The highest BCUT2D eigenvalue weighted by Gasteiger charge is 2.38. The Kier molecular flexibility index (Phi) is 17.7. The molecule has 1 saturated carbocycles. The zero-order valence-corrected chi connectivity index (χ0v) is 27.8. The van der Waals surface area contributed by atoms with E-state index < -0.39 is 0 Å². The van der Waals surface area contributed by atoms with Crippen LogP contribution in [0, 0.1) is 5.92 Å². The molecule has 0 aromatic rings. The van der Waals surface area contributed by atoms with Crippen LogP contribution < -0.4 is 0 Å². The summed E-state index contributed by atoms with van der Waals surface area (Å²) in [5.74, 6) is 0.492. The minimum Gasteiger partial charge on any atom is -0.372 e. The van der Waals surface area contributed by atoms with Crippen molar-refractivity contribution in [2.24, 2.45) is 5.92 Å². The van der Waals surface area contributed by atoms with Gasteiger partial charge in [0.2, 0.25) is 0 Å². The van der Waals surface area contributed by atoms with Gasteiger partial charge >= 0.3 is 0 Å². The molecule has 0 aliphatic heterocycles. The van der Waals surface area contributed by atoms with Crippen molar-refractivity contribution in [2.75, 3.05) is 0 Å². The van der Waals surface area contributed by atoms with Gasteiger partial charge in [-0.15, -0.1) is 0 Å². The summed E-state index contributed by atoms with van der Waals surface area (Å²) in [6, 6.07) is 0. The number of hydrogen-bond acceptors (Lipinski definition) is 1. The van der Waals surface area contributed by atoms with Crippen molar-refractivity contribution in [2.45, 2.75) is 113 Å². The molecule has 1 fully saturated rings. The van der Waals surface area contributed by atoms with E-state index in [0.717, 1.165) is 19.3 Å². The van der Waals surface area contributed by atoms with Gasteiger partial charge in [0.25, 0.3) is 0 Å². The summed E-state index contributed by atoms with van der Waals surface area (Å²) in [6.07, 6.45) is 40.9. The van der Waals surface area contributed by atoms with Crippen LogP contribution in [0.4, 0.5) is 0 Å². The summed E-state index contributed by atoms with van der Waals surface area (Å²) in [6.45, 7) is 21.6. The maximum absolute atomic E-state index is 6.27. The van der Waals surface area contributed by atoms with E-state index in [1.54, 1.807) is 0 Å². The molecule has 2 atom stereocenters. The lowest BCUT2D eigenvalue weighted by atomic mass is 9.91. The third-order valence-electron chi connectivity index (χ3n) is 7.17. The minimum absolute atomic E-state index is 0.0238. The molecule has 1 unspecified atom stereocenters. The third-order valence-corrected chi connectivity index (χ3v) is 7.17. The molecule has 1 aliphatic rings. The highest BCUT2D eigenvalue weighted by molar-refractivity contribution is 5.32. The van der Waals surface area contributed by atoms with Gasteiger partial charge in [0, 0.05) is 5.92 Å². The molecule has 1 rings (SSSR count). The largest absolute Gasteiger partial charge is 0.372 e. The van der Waals surface area contributed by atoms with E-state index in [9.17, 15) is 0 Å². The Balaban J connectivity index is 2.55. The fraction of sp³-hybridized carbons (Fsp3) is 0.450. The summed E-state index contributed by atoms with van der Waals surface area (Å²) in [4.78, 5) is 0. The predicted octanol–water partition coefficient (Wildman–Crippen LogP) is 12.2. The van der Waals surface area contributed by atoms with Gasteiger partial charge in [-0.3, -0.25) is 0 Å². The zero-order chi connectivity index (χ0) is 30.7. The van der Waals surface area contributed by atoms with Crippen molar-refractivity contribution < 1.29 is 4.74 Å². The van der Waals surface area contributed by atoms with Crippen LogP contribution in [0.3, 0.4) is 0 Å². The number of rotatable bonds is 15. The van der Waals surface area contributed by atoms with Crippen LogP contribution in [-0.4, -0.2) is 11.7 Å². The summed E-state index contributed by atoms with van der Waals surface area (Å²) >= 11 is 0. The molecule has 1 aliphatic carbocycles. The van der Waals surface area contributed by atoms with Crippen LogP contribution in [0.25, 0.3) is 0 Å². The van der Waals surface area contributed by atoms with Crippen LogP contribution in [0.2, 0.25) is 0 Å². The first kappa shape index (κ1) is 36.1. The summed E-state index contributed by atoms with van der Waals surface area (Å²) in [5.41, 5.74) is 7.70. The molecule has 0 saturated heterocycles. The molecule has 0 heterocycles. The molecule has 0 radical (unpaired) electrons. The molecule has 1 heteroatoms. The van der Waals surface area contributed by atoms with Gasteiger partial charge in [-0.25, -0.2) is 0 Å². The van der Waals surface area contributed by atoms with E-state index in [0.29, 0.717) is 5.92 Å². The molecule has 1 nitrogen and oxygen atoms in total. The molecule has 0 aromatic heterocycles. The number of hydrogen-bond donors (Lipinski definition) is 0. The first-order chi connectivity index (χ1) is 19.4. The molecule has 0 aromatic carbocycles. The van der Waals surface area contributed by atoms with Crippen molar-refractivity contribution in [3.63, 3.8) is 0 Å². The van der Waals surface area contributed by atoms with Crippen molar-refractivity contribution >= 4 is 0 Å². The van der Waals surface area contributed by atoms with Crippen molar-refractivity contribution in [3.8, 4) is 0 Å². The second-order valence-electron chi connectivity index (χ2n) is 12.3. The molecule has 0 N–H and O–H groups in total. The summed E-state index contributed by atoms with van der Waals surface area (Å²) in [5, 5.41) is 0. The van der Waals surface area contributed by atoms with Crippen LogP contribution in [0.1, 0.15) is 101 Å². The van der Waals surface area contributed by atoms with E-state index in [2.05, 4.69) is 166 Å². The lowest BCUT2D eigenvalue weighted by Gasteiger charge is -2.32. The van der Waals surface area contributed by atoms with E-state index in [1.807, 2.05) is 0 Å². The van der Waals surface area contributed by atoms with Gasteiger partial charge in [0.1, 0.15) is 0 Å². The zero-order valence-electron chi connectivity index (χ0n) is 27.8. The Hall–Kier alpha value is -2.90. The first-order valence-corrected chi connectivity index (χ1v) is 15.5. The van der Waals surface area contributed by atoms with Crippen LogP contribution in [0.15, 0.2) is 131 Å². The van der Waals surface area contributed by atoms with Crippen LogP contribution >= 0.6 is 0 Å². The Morgan fingerprint density at radius 1 is 0.707 bits per heavy atom. The monoisotopic (exact) mass is 554 g/mol. The van der Waals surface area contributed by atoms with E-state index >= 15 is 0 Å². The van der Waals surface area contributed by atoms with Crippen molar-refractivity contribution in [3.05, 3.63) is 131 Å². The quantitative estimate of drug-likeness (QED) is 0.144. The fourth-order valence-electron chi connectivity index (χ4n) is 4.79. The van der Waals surface area contributed by atoms with E-state index in [-0.39, 0.29) is 11.7 Å². The average molecular weight is 555 g/mol. The van der Waals surface area contributed by atoms with Gasteiger partial charge in [-0.2, -0.15) is 0 Å². The SMILES string of the molecule is CC(C)=CCC/C(C)=C/C=C/C(C)=C/C=C/C(C)=C/C=C/C=C(C)/C=C/C=C(C)/C=C/[C@@H]1CCCC1(C)OC(C)C. The van der Waals surface area contributed by atoms with Crippen molar-refractivity contribution in [1.29, 1.82) is 0 Å². The van der Waals surface area contributed by atoms with E-state index in [4.69, 9.17) is 4.74 Å². The van der Waals surface area contributed by atoms with E-state index in [1.165, 1.54) is 46.3 Å². The predicted molar refractivity (Wildman–Crippen MR) is 185 cm³/mol. The maximum Gasteiger partial charge on any atom is 0.0720 e. The standard InChI is InChI=1S/C40H58O/c1-32(2)18-13-21-36(7)24-15-26-37(8)25-14-22-34(5)19-11-12-20-35(6)23-16-27-38(9)29-30-39-28-17-31-40(39,10)41-33(3)4/h11-12,14-16,18-20,22-27,29-30,33,39H,13,17,21,28,31H2,1-10H3/b12-11+,22-14+,23-16+,26-15+,30-29+,34-19+,35-20+,36-24+,37-25+,38-27+/t39-,40?/m0/s1. The molecule has 0 spiro atoms. The Bertz CT molecular complexity index is 1130. The number of allylic oxidation sites excluding steroid dienone is 21. The fourth-order valence-corrected chi connectivity index (χ4v) is 4.79. The Labute approximate surface area is 253 Å². The normalized spacial score (nSPS) is 22.2.